The van der Waals surface area contributed by atoms with Crippen molar-refractivity contribution < 1.29 is 13.9 Å². The minimum absolute atomic E-state index is 0.125. The van der Waals surface area contributed by atoms with Crippen LogP contribution in [0, 0.1) is 5.82 Å². The van der Waals surface area contributed by atoms with Crippen LogP contribution in [0.4, 0.5) is 10.1 Å². The Labute approximate surface area is 150 Å². The first kappa shape index (κ1) is 18.2. The highest BCUT2D eigenvalue weighted by Crippen LogP contribution is 2.25. The van der Waals surface area contributed by atoms with Crippen molar-refractivity contribution in [3.8, 4) is 0 Å². The molecular weight excluding hydrogens is 339 g/mol. The van der Waals surface area contributed by atoms with E-state index in [0.717, 1.165) is 13.1 Å². The minimum atomic E-state index is -0.716. The molecule has 0 radical (unpaired) electrons. The van der Waals surface area contributed by atoms with Crippen LogP contribution in [0.5, 0.6) is 0 Å². The number of nitrogens with zero attached hydrogens (tertiary/aromatic N) is 3. The molecular formula is C18H23FN4O3. The summed E-state index contributed by atoms with van der Waals surface area (Å²) in [6.07, 6.45) is 1.40. The van der Waals surface area contributed by atoms with Crippen LogP contribution in [-0.4, -0.2) is 62.4 Å². The van der Waals surface area contributed by atoms with E-state index in [9.17, 15) is 14.0 Å². The summed E-state index contributed by atoms with van der Waals surface area (Å²) in [5.41, 5.74) is 3.22. The Bertz CT molecular complexity index is 888. The molecule has 1 fully saturated rings. The number of hydrogen-bond donors (Lipinski definition) is 1. The highest BCUT2D eigenvalue weighted by Gasteiger charge is 2.22. The van der Waals surface area contributed by atoms with Gasteiger partial charge in [0.1, 0.15) is 11.4 Å². The highest BCUT2D eigenvalue weighted by atomic mass is 19.1. The zero-order valence-electron chi connectivity index (χ0n) is 15.2. The van der Waals surface area contributed by atoms with Crippen molar-refractivity contribution in [1.29, 1.82) is 0 Å². The lowest BCUT2D eigenvalue weighted by molar-refractivity contribution is 0.0524. The first-order valence-corrected chi connectivity index (χ1v) is 8.63. The van der Waals surface area contributed by atoms with Gasteiger partial charge >= 0.3 is 5.97 Å². The summed E-state index contributed by atoms with van der Waals surface area (Å²) in [6.45, 7) is 4.94. The van der Waals surface area contributed by atoms with Gasteiger partial charge in [-0.2, -0.15) is 0 Å². The number of halogens is 1. The number of benzene rings is 1. The van der Waals surface area contributed by atoms with Gasteiger partial charge in [-0.1, -0.05) is 0 Å². The molecule has 2 aromatic rings. The molecule has 0 unspecified atom stereocenters. The number of hydrogen-bond acceptors (Lipinski definition) is 6. The molecule has 0 amide bonds. The third-order valence-corrected chi connectivity index (χ3v) is 4.65. The quantitative estimate of drug-likeness (QED) is 0.826. The number of fused-ring (bicyclic) bond motifs is 1. The van der Waals surface area contributed by atoms with Gasteiger partial charge in [0.15, 0.2) is 0 Å². The molecule has 0 saturated carbocycles. The number of pyridine rings is 1. The molecule has 8 heteroatoms. The lowest BCUT2D eigenvalue weighted by Gasteiger charge is -2.34. The molecule has 1 aliphatic heterocycles. The van der Waals surface area contributed by atoms with E-state index in [4.69, 9.17) is 4.74 Å². The summed E-state index contributed by atoms with van der Waals surface area (Å²) in [7, 11) is 3.70. The number of ether oxygens (including phenoxy) is 1. The molecule has 3 rings (SSSR count). The summed E-state index contributed by atoms with van der Waals surface area (Å²) in [6, 6.07) is 2.87. The summed E-state index contributed by atoms with van der Waals surface area (Å²) in [5.74, 6) is -1.19. The maximum absolute atomic E-state index is 14.8. The van der Waals surface area contributed by atoms with Gasteiger partial charge in [-0.05, 0) is 26.1 Å². The maximum atomic E-state index is 14.8. The van der Waals surface area contributed by atoms with Crippen LogP contribution in [0.25, 0.3) is 10.9 Å². The number of carbonyl (C=O) groups is 1. The topological polar surface area (TPSA) is 66.8 Å². The van der Waals surface area contributed by atoms with Crippen molar-refractivity contribution >= 4 is 22.6 Å². The van der Waals surface area contributed by atoms with Gasteiger partial charge < -0.3 is 20.0 Å². The summed E-state index contributed by atoms with van der Waals surface area (Å²) in [5, 5.41) is 0.139. The van der Waals surface area contributed by atoms with Gasteiger partial charge in [0.2, 0.25) is 5.43 Å². The van der Waals surface area contributed by atoms with E-state index in [2.05, 4.69) is 10.3 Å². The molecule has 0 bridgehead atoms. The largest absolute Gasteiger partial charge is 0.462 e. The Morgan fingerprint density at radius 1 is 1.27 bits per heavy atom. The third kappa shape index (κ3) is 3.24. The Hall–Kier alpha value is -2.61. The van der Waals surface area contributed by atoms with Gasteiger partial charge in [-0.25, -0.2) is 9.18 Å². The summed E-state index contributed by atoms with van der Waals surface area (Å²) in [4.78, 5) is 28.9. The smallest absolute Gasteiger partial charge is 0.343 e. The normalized spacial score (nSPS) is 15.3. The molecule has 0 atom stereocenters. The van der Waals surface area contributed by atoms with E-state index in [1.807, 2.05) is 11.9 Å². The van der Waals surface area contributed by atoms with Crippen LogP contribution in [0.3, 0.4) is 0 Å². The standard InChI is InChI=1S/C18H23FN4O3/c1-4-26-18(25)13-11-23(20-2)15-10-16(14(19)9-12(15)17(13)24)22-7-5-21(3)6-8-22/h9-11,20H,4-8H2,1-3H3. The van der Waals surface area contributed by atoms with Gasteiger partial charge in [0, 0.05) is 39.4 Å². The lowest BCUT2D eigenvalue weighted by Crippen LogP contribution is -2.44. The predicted molar refractivity (Wildman–Crippen MR) is 99.1 cm³/mol. The first-order valence-electron chi connectivity index (χ1n) is 8.63. The average Bonchev–Trinajstić information content (AvgIpc) is 2.63. The van der Waals surface area contributed by atoms with Crippen LogP contribution in [0.2, 0.25) is 0 Å². The van der Waals surface area contributed by atoms with Gasteiger partial charge in [-0.15, -0.1) is 0 Å². The van der Waals surface area contributed by atoms with Gasteiger partial charge in [-0.3, -0.25) is 9.47 Å². The zero-order valence-corrected chi connectivity index (χ0v) is 15.2. The lowest BCUT2D eigenvalue weighted by atomic mass is 10.1. The molecule has 1 N–H and O–H groups in total. The van der Waals surface area contributed by atoms with Crippen molar-refractivity contribution in [2.45, 2.75) is 6.92 Å². The number of piperazine rings is 1. The van der Waals surface area contributed by atoms with Crippen molar-refractivity contribution in [3.63, 3.8) is 0 Å². The summed E-state index contributed by atoms with van der Waals surface area (Å²) < 4.78 is 21.2. The molecule has 26 heavy (non-hydrogen) atoms. The Kier molecular flexibility index (Phi) is 5.13. The average molecular weight is 362 g/mol. The third-order valence-electron chi connectivity index (χ3n) is 4.65. The van der Waals surface area contributed by atoms with Crippen molar-refractivity contribution in [3.05, 3.63) is 39.9 Å². The van der Waals surface area contributed by atoms with Crippen LogP contribution in [-0.2, 0) is 4.74 Å². The Morgan fingerprint density at radius 3 is 2.58 bits per heavy atom. The number of rotatable bonds is 4. The van der Waals surface area contributed by atoms with E-state index in [0.29, 0.717) is 24.3 Å². The van der Waals surface area contributed by atoms with Crippen LogP contribution in [0.15, 0.2) is 23.1 Å². The number of esters is 1. The molecule has 1 saturated heterocycles. The van der Waals surface area contributed by atoms with E-state index < -0.39 is 17.2 Å². The Morgan fingerprint density at radius 2 is 1.96 bits per heavy atom. The second-order valence-electron chi connectivity index (χ2n) is 6.30. The van der Waals surface area contributed by atoms with Crippen molar-refractivity contribution in [2.24, 2.45) is 0 Å². The number of carbonyl (C=O) groups excluding carboxylic acids is 1. The van der Waals surface area contributed by atoms with Crippen LogP contribution >= 0.6 is 0 Å². The SMILES string of the molecule is CCOC(=O)c1cn(NC)c2cc(N3CCN(C)CC3)c(F)cc2c1=O. The zero-order chi connectivity index (χ0) is 18.8. The highest BCUT2D eigenvalue weighted by molar-refractivity contribution is 5.94. The van der Waals surface area contributed by atoms with Gasteiger partial charge in [0.05, 0.1) is 23.2 Å². The number of nitrogens with one attached hydrogen (secondary N) is 1. The van der Waals surface area contributed by atoms with E-state index in [1.165, 1.54) is 12.3 Å². The molecule has 1 aromatic carbocycles. The van der Waals surface area contributed by atoms with E-state index in [-0.39, 0.29) is 17.6 Å². The minimum Gasteiger partial charge on any atom is -0.462 e. The number of aromatic nitrogens is 1. The molecule has 1 aliphatic rings. The van der Waals surface area contributed by atoms with E-state index >= 15 is 0 Å². The van der Waals surface area contributed by atoms with Crippen molar-refractivity contribution in [1.82, 2.24) is 9.58 Å². The molecule has 140 valence electrons. The fourth-order valence-electron chi connectivity index (χ4n) is 3.16. The van der Waals surface area contributed by atoms with Crippen LogP contribution in [0.1, 0.15) is 17.3 Å². The number of anilines is 1. The van der Waals surface area contributed by atoms with E-state index in [1.54, 1.807) is 24.7 Å². The summed E-state index contributed by atoms with van der Waals surface area (Å²) >= 11 is 0. The molecule has 2 heterocycles. The fourth-order valence-corrected chi connectivity index (χ4v) is 3.16. The number of likely N-dealkylation sites (N-methyl/N-ethyl adjacent to an activating group) is 1. The predicted octanol–water partition coefficient (Wildman–Crippen LogP) is 1.24. The van der Waals surface area contributed by atoms with Gasteiger partial charge in [0.25, 0.3) is 0 Å². The Balaban J connectivity index is 2.13. The fraction of sp³-hybridized carbons (Fsp3) is 0.444. The maximum Gasteiger partial charge on any atom is 0.343 e. The monoisotopic (exact) mass is 362 g/mol. The van der Waals surface area contributed by atoms with Crippen LogP contribution < -0.4 is 15.8 Å². The van der Waals surface area contributed by atoms with Crippen molar-refractivity contribution in [2.75, 3.05) is 57.2 Å². The first-order chi connectivity index (χ1) is 12.5. The molecule has 0 aliphatic carbocycles. The second kappa shape index (κ2) is 7.33. The molecule has 1 aromatic heterocycles. The molecule has 7 nitrogen and oxygen atoms in total. The molecule has 0 spiro atoms. The second-order valence-corrected chi connectivity index (χ2v) is 6.30.